The highest BCUT2D eigenvalue weighted by molar-refractivity contribution is 5.53. The van der Waals surface area contributed by atoms with Crippen LogP contribution >= 0.6 is 0 Å². The van der Waals surface area contributed by atoms with Crippen LogP contribution in [0.2, 0.25) is 0 Å². The summed E-state index contributed by atoms with van der Waals surface area (Å²) in [4.78, 5) is 8.46. The second-order valence-corrected chi connectivity index (χ2v) is 5.01. The first kappa shape index (κ1) is 14.2. The minimum atomic E-state index is 0.420. The lowest BCUT2D eigenvalue weighted by atomic mass is 10.2. The van der Waals surface area contributed by atoms with E-state index in [1.807, 2.05) is 6.92 Å². The Morgan fingerprint density at radius 1 is 1.40 bits per heavy atom. The third kappa shape index (κ3) is 3.88. The summed E-state index contributed by atoms with van der Waals surface area (Å²) in [7, 11) is 0. The van der Waals surface area contributed by atoms with Crippen molar-refractivity contribution in [2.75, 3.05) is 17.7 Å². The van der Waals surface area contributed by atoms with Crippen LogP contribution < -0.4 is 15.8 Å². The molecule has 0 unspecified atom stereocenters. The average molecular weight is 276 g/mol. The summed E-state index contributed by atoms with van der Waals surface area (Å²) in [5.41, 5.74) is 6.37. The molecule has 0 aromatic carbocycles. The molecule has 0 spiro atoms. The van der Waals surface area contributed by atoms with E-state index in [1.165, 1.54) is 0 Å². The number of nitrogens with one attached hydrogen (secondary N) is 1. The molecule has 0 aliphatic rings. The highest BCUT2D eigenvalue weighted by atomic mass is 16.5. The van der Waals surface area contributed by atoms with Crippen LogP contribution in [0.3, 0.4) is 0 Å². The van der Waals surface area contributed by atoms with E-state index < -0.39 is 0 Å². The highest BCUT2D eigenvalue weighted by Gasteiger charge is 2.07. The van der Waals surface area contributed by atoms with Crippen LogP contribution in [0.5, 0.6) is 5.88 Å². The predicted octanol–water partition coefficient (Wildman–Crippen LogP) is 2.61. The van der Waals surface area contributed by atoms with E-state index in [2.05, 4.69) is 29.1 Å². The SMILES string of the molecule is Cc1cnc(CNc2ccc(N)c(OCC(C)C)n2)o1. The standard InChI is InChI=1S/C14H20N4O2/c1-9(2)8-19-14-11(15)4-5-12(18-14)16-7-13-17-6-10(3)20-13/h4-6,9H,7-8,15H2,1-3H3,(H,16,18). The molecule has 0 bridgehead atoms. The molecule has 6 nitrogen and oxygen atoms in total. The Labute approximate surface area is 118 Å². The van der Waals surface area contributed by atoms with Gasteiger partial charge in [0.05, 0.1) is 25.0 Å². The van der Waals surface area contributed by atoms with Crippen LogP contribution in [-0.2, 0) is 6.54 Å². The van der Waals surface area contributed by atoms with E-state index in [-0.39, 0.29) is 0 Å². The second-order valence-electron chi connectivity index (χ2n) is 5.01. The van der Waals surface area contributed by atoms with Gasteiger partial charge in [-0.1, -0.05) is 13.8 Å². The molecule has 0 radical (unpaired) electrons. The first-order valence-corrected chi connectivity index (χ1v) is 6.59. The first-order chi connectivity index (χ1) is 9.54. The predicted molar refractivity (Wildman–Crippen MR) is 77.5 cm³/mol. The van der Waals surface area contributed by atoms with Crippen molar-refractivity contribution in [1.29, 1.82) is 0 Å². The Bertz CT molecular complexity index is 566. The number of nitrogens with two attached hydrogens (primary N) is 1. The van der Waals surface area contributed by atoms with Crippen molar-refractivity contribution in [2.45, 2.75) is 27.3 Å². The van der Waals surface area contributed by atoms with Gasteiger partial charge in [-0.15, -0.1) is 0 Å². The lowest BCUT2D eigenvalue weighted by Crippen LogP contribution is -2.09. The monoisotopic (exact) mass is 276 g/mol. The van der Waals surface area contributed by atoms with Gasteiger partial charge in [0, 0.05) is 0 Å². The fourth-order valence-electron chi connectivity index (χ4n) is 1.56. The first-order valence-electron chi connectivity index (χ1n) is 6.59. The molecule has 0 fully saturated rings. The van der Waals surface area contributed by atoms with Gasteiger partial charge in [-0.2, -0.15) is 4.98 Å². The van der Waals surface area contributed by atoms with Gasteiger partial charge in [-0.25, -0.2) is 4.98 Å². The fourth-order valence-corrected chi connectivity index (χ4v) is 1.56. The maximum atomic E-state index is 5.84. The third-order valence-electron chi connectivity index (χ3n) is 2.53. The summed E-state index contributed by atoms with van der Waals surface area (Å²) in [6.07, 6.45) is 1.69. The largest absolute Gasteiger partial charge is 0.476 e. The van der Waals surface area contributed by atoms with Crippen molar-refractivity contribution in [3.8, 4) is 5.88 Å². The van der Waals surface area contributed by atoms with Gasteiger partial charge in [0.15, 0.2) is 0 Å². The quantitative estimate of drug-likeness (QED) is 0.843. The van der Waals surface area contributed by atoms with E-state index in [0.717, 1.165) is 5.76 Å². The highest BCUT2D eigenvalue weighted by Crippen LogP contribution is 2.21. The summed E-state index contributed by atoms with van der Waals surface area (Å²) < 4.78 is 11.0. The Balaban J connectivity index is 1.99. The second kappa shape index (κ2) is 6.27. The summed E-state index contributed by atoms with van der Waals surface area (Å²) in [6.45, 7) is 7.05. The molecule has 2 aromatic rings. The van der Waals surface area contributed by atoms with Gasteiger partial charge in [0.2, 0.25) is 11.8 Å². The van der Waals surface area contributed by atoms with E-state index in [0.29, 0.717) is 42.3 Å². The molecule has 6 heteroatoms. The van der Waals surface area contributed by atoms with Crippen LogP contribution in [-0.4, -0.2) is 16.6 Å². The zero-order valence-electron chi connectivity index (χ0n) is 12.0. The van der Waals surface area contributed by atoms with Crippen LogP contribution in [0.25, 0.3) is 0 Å². The Morgan fingerprint density at radius 3 is 2.85 bits per heavy atom. The third-order valence-corrected chi connectivity index (χ3v) is 2.53. The van der Waals surface area contributed by atoms with Gasteiger partial charge in [-0.05, 0) is 25.0 Å². The average Bonchev–Trinajstić information content (AvgIpc) is 2.82. The lowest BCUT2D eigenvalue weighted by Gasteiger charge is -2.11. The normalized spacial score (nSPS) is 10.8. The number of nitrogen functional groups attached to an aromatic ring is 1. The summed E-state index contributed by atoms with van der Waals surface area (Å²) >= 11 is 0. The molecular formula is C14H20N4O2. The van der Waals surface area contributed by atoms with E-state index in [4.69, 9.17) is 14.9 Å². The number of hydrogen-bond acceptors (Lipinski definition) is 6. The van der Waals surface area contributed by atoms with Crippen molar-refractivity contribution >= 4 is 11.5 Å². The number of aromatic nitrogens is 2. The Morgan fingerprint density at radius 2 is 2.20 bits per heavy atom. The summed E-state index contributed by atoms with van der Waals surface area (Å²) in [6, 6.07) is 3.57. The zero-order chi connectivity index (χ0) is 14.5. The molecule has 2 rings (SSSR count). The number of nitrogens with zero attached hydrogens (tertiary/aromatic N) is 2. The van der Waals surface area contributed by atoms with Gasteiger partial charge in [0.25, 0.3) is 0 Å². The Hall–Kier alpha value is -2.24. The van der Waals surface area contributed by atoms with Crippen molar-refractivity contribution in [3.63, 3.8) is 0 Å². The molecule has 3 N–H and O–H groups in total. The minimum Gasteiger partial charge on any atom is -0.476 e. The van der Waals surface area contributed by atoms with Crippen molar-refractivity contribution in [2.24, 2.45) is 5.92 Å². The molecule has 108 valence electrons. The summed E-state index contributed by atoms with van der Waals surface area (Å²) in [5.74, 6) is 2.95. The molecule has 20 heavy (non-hydrogen) atoms. The van der Waals surface area contributed by atoms with E-state index in [1.54, 1.807) is 18.3 Å². The summed E-state index contributed by atoms with van der Waals surface area (Å²) in [5, 5.41) is 3.13. The zero-order valence-corrected chi connectivity index (χ0v) is 12.0. The van der Waals surface area contributed by atoms with Gasteiger partial charge < -0.3 is 20.2 Å². The van der Waals surface area contributed by atoms with Crippen LogP contribution in [0, 0.1) is 12.8 Å². The number of oxazole rings is 1. The van der Waals surface area contributed by atoms with Crippen molar-refractivity contribution in [1.82, 2.24) is 9.97 Å². The number of hydrogen-bond donors (Lipinski definition) is 2. The molecule has 0 saturated carbocycles. The molecule has 2 heterocycles. The molecule has 0 aliphatic carbocycles. The minimum absolute atomic E-state index is 0.420. The number of pyridine rings is 1. The molecular weight excluding hydrogens is 256 g/mol. The van der Waals surface area contributed by atoms with Crippen LogP contribution in [0.15, 0.2) is 22.7 Å². The van der Waals surface area contributed by atoms with Crippen molar-refractivity contribution < 1.29 is 9.15 Å². The van der Waals surface area contributed by atoms with Crippen LogP contribution in [0.4, 0.5) is 11.5 Å². The topological polar surface area (TPSA) is 86.2 Å². The van der Waals surface area contributed by atoms with E-state index in [9.17, 15) is 0 Å². The maximum absolute atomic E-state index is 5.84. The van der Waals surface area contributed by atoms with Gasteiger partial charge in [0.1, 0.15) is 11.6 Å². The van der Waals surface area contributed by atoms with Gasteiger partial charge >= 0.3 is 0 Å². The molecule has 0 atom stereocenters. The maximum Gasteiger partial charge on any atom is 0.239 e. The van der Waals surface area contributed by atoms with E-state index >= 15 is 0 Å². The number of rotatable bonds is 6. The number of ether oxygens (including phenoxy) is 1. The Kier molecular flexibility index (Phi) is 4.45. The lowest BCUT2D eigenvalue weighted by molar-refractivity contribution is 0.263. The smallest absolute Gasteiger partial charge is 0.239 e. The fraction of sp³-hybridized carbons (Fsp3) is 0.429. The van der Waals surface area contributed by atoms with Gasteiger partial charge in [-0.3, -0.25) is 0 Å². The molecule has 0 amide bonds. The molecule has 0 saturated heterocycles. The number of aryl methyl sites for hydroxylation is 1. The van der Waals surface area contributed by atoms with Crippen molar-refractivity contribution in [3.05, 3.63) is 30.0 Å². The molecule has 2 aromatic heterocycles. The van der Waals surface area contributed by atoms with Crippen LogP contribution in [0.1, 0.15) is 25.5 Å². The molecule has 0 aliphatic heterocycles. The number of anilines is 2.